The molecule has 2 aromatic heterocycles. The summed E-state index contributed by atoms with van der Waals surface area (Å²) in [5, 5.41) is 4.63. The predicted octanol–water partition coefficient (Wildman–Crippen LogP) is 3.06. The molecule has 7 heteroatoms. The van der Waals surface area contributed by atoms with Crippen LogP contribution in [0.3, 0.4) is 0 Å². The maximum atomic E-state index is 6.06. The lowest BCUT2D eigenvalue weighted by Gasteiger charge is -2.36. The molecular formula is C18H19ClN6. The molecule has 0 saturated heterocycles. The van der Waals surface area contributed by atoms with Crippen LogP contribution < -0.4 is 10.6 Å². The van der Waals surface area contributed by atoms with Crippen LogP contribution in [0, 0.1) is 0 Å². The summed E-state index contributed by atoms with van der Waals surface area (Å²) in [6.45, 7) is 2.95. The number of fused-ring (bicyclic) bond motifs is 1. The molecule has 1 atom stereocenters. The highest BCUT2D eigenvalue weighted by Gasteiger charge is 2.25. The average Bonchev–Trinajstić information content (AvgIpc) is 2.99. The Balaban J connectivity index is 1.70. The van der Waals surface area contributed by atoms with E-state index in [4.69, 9.17) is 17.3 Å². The van der Waals surface area contributed by atoms with Crippen molar-refractivity contribution >= 4 is 23.4 Å². The van der Waals surface area contributed by atoms with Gasteiger partial charge in [0.1, 0.15) is 11.0 Å². The summed E-state index contributed by atoms with van der Waals surface area (Å²) in [6.07, 6.45) is 4.86. The Morgan fingerprint density at radius 3 is 2.72 bits per heavy atom. The zero-order valence-corrected chi connectivity index (χ0v) is 14.9. The minimum Gasteiger partial charge on any atom is -0.368 e. The van der Waals surface area contributed by atoms with E-state index in [-0.39, 0.29) is 5.95 Å². The number of benzene rings is 1. The largest absolute Gasteiger partial charge is 0.368 e. The van der Waals surface area contributed by atoms with Gasteiger partial charge in [0.25, 0.3) is 0 Å². The first-order valence-electron chi connectivity index (χ1n) is 8.17. The number of anilines is 2. The van der Waals surface area contributed by atoms with Gasteiger partial charge in [-0.1, -0.05) is 23.7 Å². The van der Waals surface area contributed by atoms with Crippen molar-refractivity contribution in [1.82, 2.24) is 19.7 Å². The van der Waals surface area contributed by atoms with Gasteiger partial charge in [-0.15, -0.1) is 0 Å². The number of halogens is 1. The monoisotopic (exact) mass is 354 g/mol. The molecule has 2 N–H and O–H groups in total. The molecule has 0 fully saturated rings. The van der Waals surface area contributed by atoms with E-state index in [0.717, 1.165) is 24.3 Å². The number of aryl methyl sites for hydroxylation is 1. The van der Waals surface area contributed by atoms with E-state index in [1.807, 2.05) is 24.1 Å². The third-order valence-corrected chi connectivity index (χ3v) is 4.82. The summed E-state index contributed by atoms with van der Waals surface area (Å²) >= 11 is 6.06. The van der Waals surface area contributed by atoms with Crippen LogP contribution in [-0.2, 0) is 20.0 Å². The maximum Gasteiger partial charge on any atom is 0.223 e. The number of hydrogen-bond acceptors (Lipinski definition) is 5. The zero-order valence-electron chi connectivity index (χ0n) is 14.1. The van der Waals surface area contributed by atoms with Crippen molar-refractivity contribution in [3.63, 3.8) is 0 Å². The number of aromatic nitrogens is 4. The highest BCUT2D eigenvalue weighted by atomic mass is 35.5. The molecular weight excluding hydrogens is 336 g/mol. The molecule has 3 aromatic rings. The zero-order chi connectivity index (χ0) is 17.6. The molecule has 3 heterocycles. The first-order valence-corrected chi connectivity index (χ1v) is 8.55. The standard InChI is InChI=1S/C18H19ClN6/c1-11-5-12-3-4-13(15-8-21-24(2)9-15)6-14(12)10-25(11)17-7-16(19)22-18(20)23-17/h3-4,6-9,11H,5,10H2,1-2H3,(H2,20,22,23). The molecule has 25 heavy (non-hydrogen) atoms. The summed E-state index contributed by atoms with van der Waals surface area (Å²) in [5.41, 5.74) is 10.7. The van der Waals surface area contributed by atoms with E-state index in [0.29, 0.717) is 11.2 Å². The van der Waals surface area contributed by atoms with Crippen LogP contribution in [0.15, 0.2) is 36.7 Å². The van der Waals surface area contributed by atoms with E-state index in [9.17, 15) is 0 Å². The van der Waals surface area contributed by atoms with Crippen molar-refractivity contribution in [2.45, 2.75) is 25.9 Å². The van der Waals surface area contributed by atoms with Crippen LogP contribution in [0.25, 0.3) is 11.1 Å². The third kappa shape index (κ3) is 3.05. The van der Waals surface area contributed by atoms with E-state index >= 15 is 0 Å². The lowest BCUT2D eigenvalue weighted by Crippen LogP contribution is -2.39. The van der Waals surface area contributed by atoms with Gasteiger partial charge in [-0.3, -0.25) is 4.68 Å². The smallest absolute Gasteiger partial charge is 0.223 e. The van der Waals surface area contributed by atoms with Crippen molar-refractivity contribution < 1.29 is 0 Å². The van der Waals surface area contributed by atoms with Crippen LogP contribution in [-0.4, -0.2) is 25.8 Å². The second-order valence-electron chi connectivity index (χ2n) is 6.47. The first kappa shape index (κ1) is 15.9. The topological polar surface area (TPSA) is 72.9 Å². The van der Waals surface area contributed by atoms with E-state index < -0.39 is 0 Å². The maximum absolute atomic E-state index is 6.06. The van der Waals surface area contributed by atoms with Crippen LogP contribution in [0.1, 0.15) is 18.1 Å². The molecule has 0 saturated carbocycles. The minimum absolute atomic E-state index is 0.199. The van der Waals surface area contributed by atoms with Crippen LogP contribution in [0.2, 0.25) is 5.15 Å². The van der Waals surface area contributed by atoms with Gasteiger partial charge in [-0.25, -0.2) is 4.98 Å². The second kappa shape index (κ2) is 6.04. The van der Waals surface area contributed by atoms with Gasteiger partial charge in [0.05, 0.1) is 6.20 Å². The van der Waals surface area contributed by atoms with E-state index in [2.05, 4.69) is 45.1 Å². The van der Waals surface area contributed by atoms with Gasteiger partial charge in [-0.05, 0) is 36.1 Å². The normalized spacial score (nSPS) is 16.8. The number of nitrogen functional groups attached to an aromatic ring is 1. The van der Waals surface area contributed by atoms with Gasteiger partial charge in [0.2, 0.25) is 5.95 Å². The Bertz CT molecular complexity index is 915. The highest BCUT2D eigenvalue weighted by Crippen LogP contribution is 2.31. The number of hydrogen-bond donors (Lipinski definition) is 1. The fourth-order valence-corrected chi connectivity index (χ4v) is 3.55. The molecule has 0 amide bonds. The lowest BCUT2D eigenvalue weighted by atomic mass is 9.92. The number of nitrogens with two attached hydrogens (primary N) is 1. The lowest BCUT2D eigenvalue weighted by molar-refractivity contribution is 0.587. The number of rotatable bonds is 2. The molecule has 6 nitrogen and oxygen atoms in total. The predicted molar refractivity (Wildman–Crippen MR) is 99.4 cm³/mol. The first-order chi connectivity index (χ1) is 12.0. The summed E-state index contributed by atoms with van der Waals surface area (Å²) < 4.78 is 1.81. The summed E-state index contributed by atoms with van der Waals surface area (Å²) in [7, 11) is 1.93. The van der Waals surface area contributed by atoms with Crippen molar-refractivity contribution in [2.75, 3.05) is 10.6 Å². The Morgan fingerprint density at radius 1 is 1.16 bits per heavy atom. The quantitative estimate of drug-likeness (QED) is 0.716. The molecule has 4 rings (SSSR count). The fourth-order valence-electron chi connectivity index (χ4n) is 3.37. The van der Waals surface area contributed by atoms with E-state index in [1.54, 1.807) is 6.07 Å². The Kier molecular flexibility index (Phi) is 3.84. The molecule has 0 aliphatic carbocycles. The molecule has 128 valence electrons. The summed E-state index contributed by atoms with van der Waals surface area (Å²) in [4.78, 5) is 10.5. The van der Waals surface area contributed by atoms with Gasteiger partial charge in [0.15, 0.2) is 0 Å². The SMILES string of the molecule is CC1Cc2ccc(-c3cnn(C)c3)cc2CN1c1cc(Cl)nc(N)n1. The summed E-state index contributed by atoms with van der Waals surface area (Å²) in [6, 6.07) is 8.69. The molecule has 0 radical (unpaired) electrons. The van der Waals surface area contributed by atoms with Crippen molar-refractivity contribution in [1.29, 1.82) is 0 Å². The van der Waals surface area contributed by atoms with Crippen molar-refractivity contribution in [3.8, 4) is 11.1 Å². The molecule has 1 aliphatic rings. The van der Waals surface area contributed by atoms with Crippen molar-refractivity contribution in [2.24, 2.45) is 7.05 Å². The van der Waals surface area contributed by atoms with Crippen LogP contribution >= 0.6 is 11.6 Å². The summed E-state index contributed by atoms with van der Waals surface area (Å²) in [5.74, 6) is 0.965. The highest BCUT2D eigenvalue weighted by molar-refractivity contribution is 6.29. The van der Waals surface area contributed by atoms with Gasteiger partial charge in [0, 0.05) is 37.5 Å². The third-order valence-electron chi connectivity index (χ3n) is 4.63. The molecule has 0 bridgehead atoms. The Morgan fingerprint density at radius 2 is 2.00 bits per heavy atom. The minimum atomic E-state index is 0.199. The number of nitrogens with zero attached hydrogens (tertiary/aromatic N) is 5. The molecule has 1 unspecified atom stereocenters. The van der Waals surface area contributed by atoms with Gasteiger partial charge in [-0.2, -0.15) is 10.1 Å². The second-order valence-corrected chi connectivity index (χ2v) is 6.86. The molecule has 1 aromatic carbocycles. The Hall–Kier alpha value is -2.60. The Labute approximate surface area is 151 Å². The van der Waals surface area contributed by atoms with E-state index in [1.165, 1.54) is 16.7 Å². The van der Waals surface area contributed by atoms with Gasteiger partial charge >= 0.3 is 0 Å². The van der Waals surface area contributed by atoms with Gasteiger partial charge < -0.3 is 10.6 Å². The molecule has 0 spiro atoms. The van der Waals surface area contributed by atoms with Crippen LogP contribution in [0.4, 0.5) is 11.8 Å². The van der Waals surface area contributed by atoms with Crippen LogP contribution in [0.5, 0.6) is 0 Å². The fraction of sp³-hybridized carbons (Fsp3) is 0.278. The molecule has 1 aliphatic heterocycles. The van der Waals surface area contributed by atoms with Crippen molar-refractivity contribution in [3.05, 3.63) is 52.9 Å². The average molecular weight is 355 g/mol.